The molecule has 1 aromatic heterocycles. The van der Waals surface area contributed by atoms with Crippen molar-refractivity contribution in [3.63, 3.8) is 0 Å². The number of rotatable bonds is 4. The number of nitrogens with one attached hydrogen (secondary N) is 1. The van der Waals surface area contributed by atoms with Gasteiger partial charge in [-0.25, -0.2) is 0 Å². The molecule has 0 aliphatic carbocycles. The molecule has 0 fully saturated rings. The Bertz CT molecular complexity index is 1090. The number of anilines is 1. The Hall–Kier alpha value is -3.40. The summed E-state index contributed by atoms with van der Waals surface area (Å²) >= 11 is 0. The molecule has 4 nitrogen and oxygen atoms in total. The number of carbonyl (C=O) groups is 1. The number of aromatic nitrogens is 1. The van der Waals surface area contributed by atoms with Gasteiger partial charge in [-0.05, 0) is 42.6 Å². The number of carbonyl (C=O) groups excluding carboxylic acids is 1. The zero-order valence-corrected chi connectivity index (χ0v) is 14.4. The highest BCUT2D eigenvalue weighted by molar-refractivity contribution is 6.13. The molecular weight excluding hydrogens is 324 g/mol. The van der Waals surface area contributed by atoms with E-state index in [4.69, 9.17) is 4.74 Å². The molecular formula is C22H18N2O2. The molecule has 3 aromatic carbocycles. The van der Waals surface area contributed by atoms with Crippen LogP contribution in [-0.4, -0.2) is 17.5 Å². The van der Waals surface area contributed by atoms with Crippen molar-refractivity contribution < 1.29 is 9.53 Å². The second-order valence-electron chi connectivity index (χ2n) is 5.95. The van der Waals surface area contributed by atoms with Crippen LogP contribution in [0.4, 0.5) is 5.69 Å². The lowest BCUT2D eigenvalue weighted by molar-refractivity contribution is 0.102. The van der Waals surface area contributed by atoms with Crippen molar-refractivity contribution in [1.82, 2.24) is 4.98 Å². The molecule has 0 atom stereocenters. The number of ether oxygens (including phenoxy) is 1. The number of pyridine rings is 1. The quantitative estimate of drug-likeness (QED) is 0.529. The summed E-state index contributed by atoms with van der Waals surface area (Å²) in [4.78, 5) is 17.1. The molecule has 128 valence electrons. The van der Waals surface area contributed by atoms with Gasteiger partial charge in [0.2, 0.25) is 0 Å². The lowest BCUT2D eigenvalue weighted by Gasteiger charge is -2.10. The van der Waals surface area contributed by atoms with Gasteiger partial charge in [-0.3, -0.25) is 9.78 Å². The summed E-state index contributed by atoms with van der Waals surface area (Å²) in [6.07, 6.45) is 1.72. The summed E-state index contributed by atoms with van der Waals surface area (Å²) in [6.45, 7) is 2.53. The molecule has 4 rings (SSSR count). The lowest BCUT2D eigenvalue weighted by atomic mass is 10.1. The highest BCUT2D eigenvalue weighted by Crippen LogP contribution is 2.28. The molecule has 1 amide bonds. The molecule has 4 aromatic rings. The van der Waals surface area contributed by atoms with Gasteiger partial charge in [0.05, 0.1) is 17.8 Å². The zero-order chi connectivity index (χ0) is 17.9. The van der Waals surface area contributed by atoms with E-state index in [0.717, 1.165) is 33.1 Å². The topological polar surface area (TPSA) is 51.2 Å². The first-order valence-electron chi connectivity index (χ1n) is 8.57. The third kappa shape index (κ3) is 2.97. The minimum Gasteiger partial charge on any atom is -0.494 e. The minimum atomic E-state index is -0.159. The van der Waals surface area contributed by atoms with Crippen LogP contribution in [0.3, 0.4) is 0 Å². The van der Waals surface area contributed by atoms with E-state index >= 15 is 0 Å². The normalized spacial score (nSPS) is 10.8. The van der Waals surface area contributed by atoms with E-state index in [1.807, 2.05) is 43.3 Å². The smallest absolute Gasteiger partial charge is 0.255 e. The van der Waals surface area contributed by atoms with Crippen molar-refractivity contribution in [3.8, 4) is 5.75 Å². The zero-order valence-electron chi connectivity index (χ0n) is 14.4. The summed E-state index contributed by atoms with van der Waals surface area (Å²) in [5.41, 5.74) is 2.21. The van der Waals surface area contributed by atoms with E-state index in [9.17, 15) is 4.79 Å². The first-order chi connectivity index (χ1) is 12.8. The monoisotopic (exact) mass is 342 g/mol. The van der Waals surface area contributed by atoms with Crippen LogP contribution in [0.5, 0.6) is 5.75 Å². The van der Waals surface area contributed by atoms with Crippen LogP contribution in [0, 0.1) is 0 Å². The molecule has 0 unspecified atom stereocenters. The molecule has 0 saturated heterocycles. The van der Waals surface area contributed by atoms with Crippen LogP contribution in [0.25, 0.3) is 21.7 Å². The van der Waals surface area contributed by atoms with E-state index in [1.165, 1.54) is 0 Å². The van der Waals surface area contributed by atoms with E-state index in [2.05, 4.69) is 16.4 Å². The van der Waals surface area contributed by atoms with Crippen molar-refractivity contribution >= 4 is 33.3 Å². The van der Waals surface area contributed by atoms with Gasteiger partial charge in [-0.1, -0.05) is 36.4 Å². The molecule has 0 aliphatic heterocycles. The van der Waals surface area contributed by atoms with Crippen LogP contribution < -0.4 is 10.1 Å². The Morgan fingerprint density at radius 1 is 0.962 bits per heavy atom. The highest BCUT2D eigenvalue weighted by Gasteiger charge is 2.10. The molecule has 4 heteroatoms. The summed E-state index contributed by atoms with van der Waals surface area (Å²) in [6, 6.07) is 21.1. The maximum Gasteiger partial charge on any atom is 0.255 e. The van der Waals surface area contributed by atoms with E-state index in [1.54, 1.807) is 30.5 Å². The average molecular weight is 342 g/mol. The maximum atomic E-state index is 12.6. The van der Waals surface area contributed by atoms with E-state index < -0.39 is 0 Å². The SMILES string of the molecule is CCOc1ccc(C(=O)Nc2ccnc3c2ccc2ccccc23)cc1. The van der Waals surface area contributed by atoms with Crippen LogP contribution in [0.1, 0.15) is 17.3 Å². The fourth-order valence-corrected chi connectivity index (χ4v) is 3.06. The second-order valence-corrected chi connectivity index (χ2v) is 5.95. The second kappa shape index (κ2) is 6.84. The fraction of sp³-hybridized carbons (Fsp3) is 0.0909. The van der Waals surface area contributed by atoms with Crippen molar-refractivity contribution in [2.24, 2.45) is 0 Å². The van der Waals surface area contributed by atoms with Gasteiger partial charge < -0.3 is 10.1 Å². The Balaban J connectivity index is 1.68. The molecule has 1 heterocycles. The molecule has 0 bridgehead atoms. The van der Waals surface area contributed by atoms with Gasteiger partial charge in [0.15, 0.2) is 0 Å². The highest BCUT2D eigenvalue weighted by atomic mass is 16.5. The summed E-state index contributed by atoms with van der Waals surface area (Å²) in [5.74, 6) is 0.596. The maximum absolute atomic E-state index is 12.6. The number of hydrogen-bond acceptors (Lipinski definition) is 3. The summed E-state index contributed by atoms with van der Waals surface area (Å²) in [5, 5.41) is 6.12. The lowest BCUT2D eigenvalue weighted by Crippen LogP contribution is -2.12. The molecule has 0 spiro atoms. The van der Waals surface area contributed by atoms with Gasteiger partial charge in [0.1, 0.15) is 5.75 Å². The molecule has 0 saturated carbocycles. The first kappa shape index (κ1) is 16.1. The Labute approximate surface area is 151 Å². The first-order valence-corrected chi connectivity index (χ1v) is 8.57. The standard InChI is InChI=1S/C22H18N2O2/c1-2-26-17-10-7-16(8-11-17)22(25)24-20-13-14-23-21-18-6-4-3-5-15(18)9-12-19(20)21/h3-14H,2H2,1H3,(H,23,24,25). The molecule has 0 radical (unpaired) electrons. The van der Waals surface area contributed by atoms with Crippen LogP contribution in [0.2, 0.25) is 0 Å². The number of nitrogens with zero attached hydrogens (tertiary/aromatic N) is 1. The third-order valence-electron chi connectivity index (χ3n) is 4.31. The average Bonchev–Trinajstić information content (AvgIpc) is 2.69. The van der Waals surface area contributed by atoms with Gasteiger partial charge >= 0.3 is 0 Å². The largest absolute Gasteiger partial charge is 0.494 e. The van der Waals surface area contributed by atoms with Gasteiger partial charge in [0.25, 0.3) is 5.91 Å². The van der Waals surface area contributed by atoms with E-state index in [-0.39, 0.29) is 5.91 Å². The Kier molecular flexibility index (Phi) is 4.23. The fourth-order valence-electron chi connectivity index (χ4n) is 3.06. The van der Waals surface area contributed by atoms with Gasteiger partial charge in [-0.2, -0.15) is 0 Å². The van der Waals surface area contributed by atoms with Crippen LogP contribution in [0.15, 0.2) is 72.9 Å². The van der Waals surface area contributed by atoms with Gasteiger partial charge in [0, 0.05) is 22.5 Å². The van der Waals surface area contributed by atoms with Crippen LogP contribution in [-0.2, 0) is 0 Å². The molecule has 1 N–H and O–H groups in total. The predicted molar refractivity (Wildman–Crippen MR) is 105 cm³/mol. The Morgan fingerprint density at radius 3 is 2.58 bits per heavy atom. The van der Waals surface area contributed by atoms with Crippen LogP contribution >= 0.6 is 0 Å². The summed E-state index contributed by atoms with van der Waals surface area (Å²) in [7, 11) is 0. The molecule has 26 heavy (non-hydrogen) atoms. The van der Waals surface area contributed by atoms with Gasteiger partial charge in [-0.15, -0.1) is 0 Å². The molecule has 0 aliphatic rings. The number of fused-ring (bicyclic) bond motifs is 3. The number of hydrogen-bond donors (Lipinski definition) is 1. The van der Waals surface area contributed by atoms with Crippen molar-refractivity contribution in [2.75, 3.05) is 11.9 Å². The Morgan fingerprint density at radius 2 is 1.77 bits per heavy atom. The number of benzene rings is 3. The summed E-state index contributed by atoms with van der Waals surface area (Å²) < 4.78 is 5.42. The van der Waals surface area contributed by atoms with Crippen molar-refractivity contribution in [1.29, 1.82) is 0 Å². The van der Waals surface area contributed by atoms with Crippen molar-refractivity contribution in [3.05, 3.63) is 78.5 Å². The number of amides is 1. The predicted octanol–water partition coefficient (Wildman–Crippen LogP) is 5.04. The van der Waals surface area contributed by atoms with E-state index in [0.29, 0.717) is 12.2 Å². The minimum absolute atomic E-state index is 0.159. The third-order valence-corrected chi connectivity index (χ3v) is 4.31. The van der Waals surface area contributed by atoms with Crippen molar-refractivity contribution in [2.45, 2.75) is 6.92 Å².